The van der Waals surface area contributed by atoms with Crippen LogP contribution in [0.15, 0.2) is 47.2 Å². The minimum atomic E-state index is -0.625. The zero-order valence-electron chi connectivity index (χ0n) is 11.6. The van der Waals surface area contributed by atoms with E-state index in [-0.39, 0.29) is 11.5 Å². The number of aromatic amines is 1. The molecule has 0 saturated carbocycles. The number of rotatable bonds is 2. The number of nitrogens with one attached hydrogen (secondary N) is 1. The third kappa shape index (κ3) is 2.22. The van der Waals surface area contributed by atoms with Crippen LogP contribution in [-0.4, -0.2) is 20.1 Å². The molecule has 1 aromatic carbocycles. The van der Waals surface area contributed by atoms with Crippen LogP contribution < -0.4 is 0 Å². The number of benzene rings is 1. The Morgan fingerprint density at radius 2 is 2.09 bits per heavy atom. The molecule has 23 heavy (non-hydrogen) atoms. The Kier molecular flexibility index (Phi) is 2.88. The minimum absolute atomic E-state index is 0.0319. The molecule has 0 aliphatic rings. The van der Waals surface area contributed by atoms with Crippen molar-refractivity contribution < 1.29 is 8.91 Å². The highest BCUT2D eigenvalue weighted by molar-refractivity contribution is 5.80. The Morgan fingerprint density at radius 1 is 1.17 bits per heavy atom. The summed E-state index contributed by atoms with van der Waals surface area (Å²) in [6, 6.07) is 9.68. The molecule has 4 aromatic rings. The Labute approximate surface area is 129 Å². The molecule has 1 N–H and O–H groups in total. The predicted molar refractivity (Wildman–Crippen MR) is 79.5 cm³/mol. The molecule has 0 atom stereocenters. The number of hydrogen-bond acceptors (Lipinski definition) is 5. The number of nitrogens with zero attached hydrogens (tertiary/aromatic N) is 4. The van der Waals surface area contributed by atoms with Gasteiger partial charge in [-0.3, -0.25) is 0 Å². The molecule has 110 valence electrons. The highest BCUT2D eigenvalue weighted by Crippen LogP contribution is 2.24. The number of hydrogen-bond donors (Lipinski definition) is 1. The quantitative estimate of drug-likeness (QED) is 0.613. The largest absolute Gasteiger partial charge is 0.346 e. The first-order chi connectivity index (χ1) is 11.2. The summed E-state index contributed by atoms with van der Waals surface area (Å²) in [6.45, 7) is 0. The van der Waals surface area contributed by atoms with Gasteiger partial charge in [0, 0.05) is 28.9 Å². The molecule has 0 aliphatic heterocycles. The van der Waals surface area contributed by atoms with Crippen molar-refractivity contribution in [2.75, 3.05) is 0 Å². The molecular weight excluding hydrogens is 297 g/mol. The van der Waals surface area contributed by atoms with Crippen LogP contribution in [0.5, 0.6) is 0 Å². The van der Waals surface area contributed by atoms with Gasteiger partial charge in [0.25, 0.3) is 5.89 Å². The van der Waals surface area contributed by atoms with Gasteiger partial charge in [-0.25, -0.2) is 9.37 Å². The molecule has 0 bridgehead atoms. The van der Waals surface area contributed by atoms with E-state index in [1.807, 2.05) is 12.1 Å². The molecular formula is C16H8FN5O. The van der Waals surface area contributed by atoms with Crippen LogP contribution in [0.1, 0.15) is 5.56 Å². The number of aromatic nitrogens is 4. The molecule has 0 saturated heterocycles. The van der Waals surface area contributed by atoms with Crippen LogP contribution >= 0.6 is 0 Å². The SMILES string of the molecule is N#Cc1ccc(-c2nc(-c3cnc4[nH]ccc4c3)no2)cc1F. The summed E-state index contributed by atoms with van der Waals surface area (Å²) in [7, 11) is 0. The summed E-state index contributed by atoms with van der Waals surface area (Å²) in [5.41, 5.74) is 1.85. The van der Waals surface area contributed by atoms with Gasteiger partial charge in [0.15, 0.2) is 0 Å². The van der Waals surface area contributed by atoms with Gasteiger partial charge in [-0.1, -0.05) is 5.16 Å². The predicted octanol–water partition coefficient (Wildman–Crippen LogP) is 3.29. The van der Waals surface area contributed by atoms with E-state index < -0.39 is 5.82 Å². The van der Waals surface area contributed by atoms with E-state index in [0.29, 0.717) is 17.0 Å². The first-order valence-corrected chi connectivity index (χ1v) is 6.72. The van der Waals surface area contributed by atoms with E-state index in [9.17, 15) is 4.39 Å². The summed E-state index contributed by atoms with van der Waals surface area (Å²) in [5, 5.41) is 13.6. The molecule has 3 aromatic heterocycles. The van der Waals surface area contributed by atoms with Crippen molar-refractivity contribution in [3.05, 3.63) is 54.1 Å². The number of fused-ring (bicyclic) bond motifs is 1. The topological polar surface area (TPSA) is 91.4 Å². The average molecular weight is 305 g/mol. The zero-order chi connectivity index (χ0) is 15.8. The van der Waals surface area contributed by atoms with Crippen LogP contribution in [-0.2, 0) is 0 Å². The third-order valence-corrected chi connectivity index (χ3v) is 3.42. The van der Waals surface area contributed by atoms with Gasteiger partial charge >= 0.3 is 0 Å². The standard InChI is InChI=1S/C16H8FN5O/c17-13-6-10(1-2-11(13)7-18)16-21-15(22-23-16)12-5-9-3-4-19-14(9)20-8-12/h1-6,8H,(H,19,20). The molecule has 6 nitrogen and oxygen atoms in total. The van der Waals surface area contributed by atoms with Gasteiger partial charge in [-0.15, -0.1) is 0 Å². The van der Waals surface area contributed by atoms with E-state index in [1.54, 1.807) is 24.5 Å². The second-order valence-electron chi connectivity index (χ2n) is 4.87. The first kappa shape index (κ1) is 13.2. The van der Waals surface area contributed by atoms with Gasteiger partial charge in [0.1, 0.15) is 17.5 Å². The van der Waals surface area contributed by atoms with E-state index in [4.69, 9.17) is 9.78 Å². The minimum Gasteiger partial charge on any atom is -0.346 e. The highest BCUT2D eigenvalue weighted by Gasteiger charge is 2.13. The van der Waals surface area contributed by atoms with Crippen molar-refractivity contribution in [1.29, 1.82) is 5.26 Å². The van der Waals surface area contributed by atoms with Crippen molar-refractivity contribution in [1.82, 2.24) is 20.1 Å². The van der Waals surface area contributed by atoms with E-state index >= 15 is 0 Å². The second kappa shape index (κ2) is 5.03. The fraction of sp³-hybridized carbons (Fsp3) is 0. The van der Waals surface area contributed by atoms with Crippen molar-refractivity contribution >= 4 is 11.0 Å². The zero-order valence-corrected chi connectivity index (χ0v) is 11.6. The number of pyridine rings is 1. The van der Waals surface area contributed by atoms with E-state index in [0.717, 1.165) is 11.0 Å². The second-order valence-corrected chi connectivity index (χ2v) is 4.87. The van der Waals surface area contributed by atoms with Gasteiger partial charge in [-0.2, -0.15) is 10.2 Å². The molecule has 0 spiro atoms. The lowest BCUT2D eigenvalue weighted by Crippen LogP contribution is -1.86. The fourth-order valence-corrected chi connectivity index (χ4v) is 2.26. The summed E-state index contributed by atoms with van der Waals surface area (Å²) in [6.07, 6.45) is 3.43. The lowest BCUT2D eigenvalue weighted by Gasteiger charge is -1.96. The van der Waals surface area contributed by atoms with Crippen LogP contribution in [0.3, 0.4) is 0 Å². The monoisotopic (exact) mass is 305 g/mol. The van der Waals surface area contributed by atoms with Gasteiger partial charge in [0.2, 0.25) is 5.82 Å². The molecule has 0 amide bonds. The van der Waals surface area contributed by atoms with Crippen molar-refractivity contribution in [2.45, 2.75) is 0 Å². The van der Waals surface area contributed by atoms with Crippen LogP contribution in [0, 0.1) is 17.1 Å². The average Bonchev–Trinajstić information content (AvgIpc) is 3.23. The maximum atomic E-state index is 13.7. The lowest BCUT2D eigenvalue weighted by molar-refractivity contribution is 0.432. The van der Waals surface area contributed by atoms with Crippen LogP contribution in [0.2, 0.25) is 0 Å². The maximum absolute atomic E-state index is 13.7. The normalized spacial score (nSPS) is 10.8. The molecule has 0 fully saturated rings. The van der Waals surface area contributed by atoms with Crippen LogP contribution in [0.25, 0.3) is 33.9 Å². The maximum Gasteiger partial charge on any atom is 0.258 e. The van der Waals surface area contributed by atoms with E-state index in [2.05, 4.69) is 20.1 Å². The summed E-state index contributed by atoms with van der Waals surface area (Å²) in [5.74, 6) is -0.0851. The Balaban J connectivity index is 1.73. The number of halogens is 1. The summed E-state index contributed by atoms with van der Waals surface area (Å²) < 4.78 is 18.9. The number of H-pyrrole nitrogens is 1. The van der Waals surface area contributed by atoms with Crippen molar-refractivity contribution in [3.8, 4) is 28.9 Å². The molecule has 0 unspecified atom stereocenters. The van der Waals surface area contributed by atoms with Gasteiger partial charge in [-0.05, 0) is 30.3 Å². The molecule has 3 heterocycles. The first-order valence-electron chi connectivity index (χ1n) is 6.72. The van der Waals surface area contributed by atoms with Crippen LogP contribution in [0.4, 0.5) is 4.39 Å². The summed E-state index contributed by atoms with van der Waals surface area (Å²) >= 11 is 0. The smallest absolute Gasteiger partial charge is 0.258 e. The Bertz CT molecular complexity index is 1060. The fourth-order valence-electron chi connectivity index (χ4n) is 2.26. The molecule has 7 heteroatoms. The lowest BCUT2D eigenvalue weighted by atomic mass is 10.1. The third-order valence-electron chi connectivity index (χ3n) is 3.42. The van der Waals surface area contributed by atoms with E-state index in [1.165, 1.54) is 12.1 Å². The number of nitriles is 1. The summed E-state index contributed by atoms with van der Waals surface area (Å²) in [4.78, 5) is 11.5. The van der Waals surface area contributed by atoms with Crippen molar-refractivity contribution in [3.63, 3.8) is 0 Å². The highest BCUT2D eigenvalue weighted by atomic mass is 19.1. The molecule has 0 aliphatic carbocycles. The molecule has 0 radical (unpaired) electrons. The van der Waals surface area contributed by atoms with Crippen molar-refractivity contribution in [2.24, 2.45) is 0 Å². The Hall–Kier alpha value is -3.53. The van der Waals surface area contributed by atoms with Gasteiger partial charge < -0.3 is 9.51 Å². The Morgan fingerprint density at radius 3 is 2.91 bits per heavy atom. The molecule has 4 rings (SSSR count). The van der Waals surface area contributed by atoms with Gasteiger partial charge in [0.05, 0.1) is 5.56 Å².